The smallest absolute Gasteiger partial charge is 0.404 e. The molecule has 3 N–H and O–H groups in total. The summed E-state index contributed by atoms with van der Waals surface area (Å²) in [6, 6.07) is 0. The largest absolute Gasteiger partial charge is 0.448 e. The van der Waals surface area contributed by atoms with Gasteiger partial charge >= 0.3 is 6.09 Å². The number of rotatable bonds is 5. The molecule has 0 aliphatic rings. The number of nitrogens with one attached hydrogen (secondary N) is 1. The minimum atomic E-state index is -2.39. The van der Waals surface area contributed by atoms with Crippen LogP contribution in [0.5, 0.6) is 0 Å². The van der Waals surface area contributed by atoms with E-state index < -0.39 is 19.1 Å². The molecule has 0 aromatic carbocycles. The number of halogens is 2. The Kier molecular flexibility index (Phi) is 5.36. The highest BCUT2D eigenvalue weighted by Crippen LogP contribution is 1.86. The van der Waals surface area contributed by atoms with E-state index in [1.807, 2.05) is 0 Å². The van der Waals surface area contributed by atoms with E-state index in [1.54, 1.807) is 0 Å². The minimum absolute atomic E-state index is 0.0159. The number of ether oxygens (including phenoxy) is 1. The van der Waals surface area contributed by atoms with Crippen LogP contribution in [-0.4, -0.2) is 32.2 Å². The normalized spacial score (nSPS) is 10.1. The molecule has 0 aromatic heterocycles. The van der Waals surface area contributed by atoms with Crippen LogP contribution < -0.4 is 11.1 Å². The SMILES string of the molecule is NC(=O)OCCNCC(F)F. The lowest BCUT2D eigenvalue weighted by Gasteiger charge is -2.02. The summed E-state index contributed by atoms with van der Waals surface area (Å²) in [5.41, 5.74) is 4.60. The highest BCUT2D eigenvalue weighted by atomic mass is 19.3. The maximum absolute atomic E-state index is 11.4. The molecule has 0 spiro atoms. The van der Waals surface area contributed by atoms with Crippen molar-refractivity contribution >= 4 is 6.09 Å². The van der Waals surface area contributed by atoms with Gasteiger partial charge in [-0.2, -0.15) is 0 Å². The van der Waals surface area contributed by atoms with E-state index in [9.17, 15) is 13.6 Å². The van der Waals surface area contributed by atoms with Crippen molar-refractivity contribution in [3.05, 3.63) is 0 Å². The summed E-state index contributed by atoms with van der Waals surface area (Å²) in [6.07, 6.45) is -3.28. The van der Waals surface area contributed by atoms with E-state index in [-0.39, 0.29) is 13.2 Å². The second-order valence-electron chi connectivity index (χ2n) is 1.76. The Morgan fingerprint density at radius 1 is 1.64 bits per heavy atom. The first-order valence-electron chi connectivity index (χ1n) is 3.04. The third-order valence-electron chi connectivity index (χ3n) is 0.822. The maximum atomic E-state index is 11.4. The molecule has 0 aromatic rings. The summed E-state index contributed by atoms with van der Waals surface area (Å²) in [6.45, 7) is -0.197. The second-order valence-corrected chi connectivity index (χ2v) is 1.76. The lowest BCUT2D eigenvalue weighted by Crippen LogP contribution is -2.27. The number of nitrogens with two attached hydrogens (primary N) is 1. The summed E-state index contributed by atoms with van der Waals surface area (Å²) < 4.78 is 27.1. The van der Waals surface area contributed by atoms with Crippen molar-refractivity contribution in [1.29, 1.82) is 0 Å². The molecule has 0 fully saturated rings. The summed E-state index contributed by atoms with van der Waals surface area (Å²) in [5.74, 6) is 0. The lowest BCUT2D eigenvalue weighted by molar-refractivity contribution is 0.136. The molecule has 0 bridgehead atoms. The molecule has 4 nitrogen and oxygen atoms in total. The van der Waals surface area contributed by atoms with E-state index in [1.165, 1.54) is 0 Å². The van der Waals surface area contributed by atoms with Crippen LogP contribution in [0.25, 0.3) is 0 Å². The first-order chi connectivity index (χ1) is 5.13. The molecule has 11 heavy (non-hydrogen) atoms. The standard InChI is InChI=1S/C5H10F2N2O2/c6-4(7)3-9-1-2-11-5(8)10/h4,9H,1-3H2,(H2,8,10). The zero-order valence-corrected chi connectivity index (χ0v) is 5.85. The molecule has 0 rings (SSSR count). The van der Waals surface area contributed by atoms with Gasteiger partial charge in [-0.1, -0.05) is 0 Å². The topological polar surface area (TPSA) is 64.4 Å². The monoisotopic (exact) mass is 168 g/mol. The van der Waals surface area contributed by atoms with Crippen molar-refractivity contribution in [2.24, 2.45) is 5.73 Å². The molecular weight excluding hydrogens is 158 g/mol. The Hall–Kier alpha value is -0.910. The van der Waals surface area contributed by atoms with Gasteiger partial charge in [0.1, 0.15) is 6.61 Å². The van der Waals surface area contributed by atoms with Crippen molar-refractivity contribution in [2.45, 2.75) is 6.43 Å². The van der Waals surface area contributed by atoms with Crippen molar-refractivity contribution < 1.29 is 18.3 Å². The van der Waals surface area contributed by atoms with E-state index in [0.29, 0.717) is 0 Å². The van der Waals surface area contributed by atoms with Crippen LogP contribution in [0.4, 0.5) is 13.6 Å². The zero-order valence-electron chi connectivity index (χ0n) is 5.85. The zero-order chi connectivity index (χ0) is 8.69. The second kappa shape index (κ2) is 5.84. The van der Waals surface area contributed by atoms with Gasteiger partial charge < -0.3 is 15.8 Å². The number of primary amides is 1. The summed E-state index contributed by atoms with van der Waals surface area (Å²) in [5, 5.41) is 2.36. The summed E-state index contributed by atoms with van der Waals surface area (Å²) >= 11 is 0. The van der Waals surface area contributed by atoms with E-state index >= 15 is 0 Å². The Morgan fingerprint density at radius 2 is 2.27 bits per heavy atom. The van der Waals surface area contributed by atoms with Crippen LogP contribution in [0.15, 0.2) is 0 Å². The lowest BCUT2D eigenvalue weighted by atomic mass is 10.6. The van der Waals surface area contributed by atoms with E-state index in [4.69, 9.17) is 0 Å². The van der Waals surface area contributed by atoms with Gasteiger partial charge in [0.15, 0.2) is 0 Å². The fraction of sp³-hybridized carbons (Fsp3) is 0.800. The van der Waals surface area contributed by atoms with Gasteiger partial charge in [-0.3, -0.25) is 0 Å². The highest BCUT2D eigenvalue weighted by molar-refractivity contribution is 5.64. The number of alkyl halides is 2. The van der Waals surface area contributed by atoms with Crippen molar-refractivity contribution in [2.75, 3.05) is 19.7 Å². The minimum Gasteiger partial charge on any atom is -0.448 e. The van der Waals surface area contributed by atoms with Crippen LogP contribution in [0.1, 0.15) is 0 Å². The van der Waals surface area contributed by atoms with Crippen LogP contribution in [-0.2, 0) is 4.74 Å². The quantitative estimate of drug-likeness (QED) is 0.565. The van der Waals surface area contributed by atoms with Crippen molar-refractivity contribution in [3.63, 3.8) is 0 Å². The summed E-state index contributed by atoms with van der Waals surface area (Å²) in [7, 11) is 0. The molecule has 0 saturated heterocycles. The molecule has 6 heteroatoms. The van der Waals surface area contributed by atoms with Gasteiger partial charge in [-0.25, -0.2) is 13.6 Å². The molecule has 0 unspecified atom stereocenters. The van der Waals surface area contributed by atoms with Gasteiger partial charge in [-0.05, 0) is 0 Å². The van der Waals surface area contributed by atoms with Gasteiger partial charge in [0, 0.05) is 6.54 Å². The molecule has 0 aliphatic carbocycles. The van der Waals surface area contributed by atoms with Gasteiger partial charge in [-0.15, -0.1) is 0 Å². The molecule has 66 valence electrons. The van der Waals surface area contributed by atoms with Gasteiger partial charge in [0.05, 0.1) is 6.54 Å². The third-order valence-corrected chi connectivity index (χ3v) is 0.822. The average molecular weight is 168 g/mol. The molecule has 0 aliphatic heterocycles. The molecular formula is C5H10F2N2O2. The number of hydrogen-bond donors (Lipinski definition) is 2. The Bertz CT molecular complexity index is 121. The molecule has 0 radical (unpaired) electrons. The van der Waals surface area contributed by atoms with Gasteiger partial charge in [0.25, 0.3) is 6.43 Å². The van der Waals surface area contributed by atoms with Gasteiger partial charge in [0.2, 0.25) is 0 Å². The van der Waals surface area contributed by atoms with E-state index in [2.05, 4.69) is 15.8 Å². The predicted molar refractivity (Wildman–Crippen MR) is 34.4 cm³/mol. The van der Waals surface area contributed by atoms with Crippen LogP contribution in [0, 0.1) is 0 Å². The molecule has 0 heterocycles. The fourth-order valence-electron chi connectivity index (χ4n) is 0.435. The maximum Gasteiger partial charge on any atom is 0.404 e. The fourth-order valence-corrected chi connectivity index (χ4v) is 0.435. The molecule has 0 saturated carbocycles. The highest BCUT2D eigenvalue weighted by Gasteiger charge is 1.99. The Morgan fingerprint density at radius 3 is 2.73 bits per heavy atom. The average Bonchev–Trinajstić information content (AvgIpc) is 1.85. The van der Waals surface area contributed by atoms with E-state index in [0.717, 1.165) is 0 Å². The molecule has 1 amide bonds. The van der Waals surface area contributed by atoms with Crippen LogP contribution in [0.2, 0.25) is 0 Å². The Labute approximate surface area is 62.7 Å². The first-order valence-corrected chi connectivity index (χ1v) is 3.04. The number of carbonyl (C=O) groups excluding carboxylic acids is 1. The first kappa shape index (κ1) is 10.1. The third kappa shape index (κ3) is 9.09. The number of carbonyl (C=O) groups is 1. The van der Waals surface area contributed by atoms with Crippen molar-refractivity contribution in [1.82, 2.24) is 5.32 Å². The number of hydrogen-bond acceptors (Lipinski definition) is 3. The Balaban J connectivity index is 2.97. The summed E-state index contributed by atoms with van der Waals surface area (Å²) in [4.78, 5) is 9.92. The van der Waals surface area contributed by atoms with Crippen molar-refractivity contribution in [3.8, 4) is 0 Å². The van der Waals surface area contributed by atoms with Crippen LogP contribution >= 0.6 is 0 Å². The van der Waals surface area contributed by atoms with Crippen LogP contribution in [0.3, 0.4) is 0 Å². The molecule has 0 atom stereocenters. The predicted octanol–water partition coefficient (Wildman–Crippen LogP) is -0.0636. The number of amides is 1.